The maximum atomic E-state index is 12.5. The number of rotatable bonds is 6. The maximum Gasteiger partial charge on any atom is 0.324 e. The van der Waals surface area contributed by atoms with E-state index in [2.05, 4.69) is 0 Å². The van der Waals surface area contributed by atoms with Gasteiger partial charge in [-0.05, 0) is 25.0 Å². The van der Waals surface area contributed by atoms with Gasteiger partial charge in [0.05, 0.1) is 6.42 Å². The Balaban J connectivity index is 2.99. The van der Waals surface area contributed by atoms with Gasteiger partial charge in [-0.15, -0.1) is 0 Å². The van der Waals surface area contributed by atoms with E-state index in [1.54, 1.807) is 16.8 Å². The first-order valence-electron chi connectivity index (χ1n) is 6.77. The van der Waals surface area contributed by atoms with Crippen molar-refractivity contribution in [3.63, 3.8) is 0 Å². The summed E-state index contributed by atoms with van der Waals surface area (Å²) in [6.07, 6.45) is 0.794. The van der Waals surface area contributed by atoms with Crippen LogP contribution in [0.2, 0.25) is 0 Å². The van der Waals surface area contributed by atoms with Crippen molar-refractivity contribution >= 4 is 17.7 Å². The molecule has 0 aliphatic carbocycles. The third-order valence-electron chi connectivity index (χ3n) is 3.07. The highest BCUT2D eigenvalue weighted by molar-refractivity contribution is 5.93. The van der Waals surface area contributed by atoms with Crippen LogP contribution < -0.4 is 4.90 Å². The number of carboxylic acid groups (broad SMARTS) is 1. The average Bonchev–Trinajstić information content (AvgIpc) is 2.40. The quantitative estimate of drug-likeness (QED) is 0.870. The van der Waals surface area contributed by atoms with Gasteiger partial charge in [0.15, 0.2) is 0 Å². The van der Waals surface area contributed by atoms with Gasteiger partial charge in [0, 0.05) is 25.8 Å². The second-order valence-corrected chi connectivity index (χ2v) is 4.79. The Labute approximate surface area is 119 Å². The van der Waals surface area contributed by atoms with Crippen molar-refractivity contribution in [2.75, 3.05) is 25.0 Å². The molecule has 20 heavy (non-hydrogen) atoms. The van der Waals surface area contributed by atoms with Crippen LogP contribution in [0.15, 0.2) is 24.3 Å². The summed E-state index contributed by atoms with van der Waals surface area (Å²) in [6.45, 7) is 4.73. The summed E-state index contributed by atoms with van der Waals surface area (Å²) in [4.78, 5) is 26.4. The fraction of sp³-hybridized carbons (Fsp3) is 0.467. The van der Waals surface area contributed by atoms with Gasteiger partial charge in [-0.1, -0.05) is 25.1 Å². The van der Waals surface area contributed by atoms with Gasteiger partial charge in [0.25, 0.3) is 0 Å². The third kappa shape index (κ3) is 4.26. The summed E-state index contributed by atoms with van der Waals surface area (Å²) in [6, 6.07) is 7.34. The lowest BCUT2D eigenvalue weighted by Gasteiger charge is -2.29. The van der Waals surface area contributed by atoms with Crippen LogP contribution >= 0.6 is 0 Å². The predicted octanol–water partition coefficient (Wildman–Crippen LogP) is 2.74. The summed E-state index contributed by atoms with van der Waals surface area (Å²) in [5.41, 5.74) is 1.72. The molecule has 0 aliphatic heterocycles. The van der Waals surface area contributed by atoms with Gasteiger partial charge in [-0.2, -0.15) is 0 Å². The first-order chi connectivity index (χ1) is 9.47. The number of aryl methyl sites for hydroxylation is 1. The van der Waals surface area contributed by atoms with E-state index >= 15 is 0 Å². The van der Waals surface area contributed by atoms with E-state index in [1.807, 2.05) is 38.1 Å². The van der Waals surface area contributed by atoms with Crippen LogP contribution in [0.1, 0.15) is 25.3 Å². The Morgan fingerprint density at radius 2 is 1.85 bits per heavy atom. The Hall–Kier alpha value is -2.04. The molecule has 0 spiro atoms. The molecule has 0 aliphatic rings. The molecule has 1 aromatic rings. The van der Waals surface area contributed by atoms with Crippen molar-refractivity contribution in [1.82, 2.24) is 4.90 Å². The number of hydrogen-bond acceptors (Lipinski definition) is 2. The molecular formula is C15H22N2O3. The number of anilines is 1. The minimum absolute atomic E-state index is 0.0694. The smallest absolute Gasteiger partial charge is 0.324 e. The highest BCUT2D eigenvalue weighted by Gasteiger charge is 2.21. The van der Waals surface area contributed by atoms with Crippen LogP contribution in [-0.2, 0) is 4.79 Å². The van der Waals surface area contributed by atoms with E-state index in [9.17, 15) is 9.59 Å². The van der Waals surface area contributed by atoms with Crippen molar-refractivity contribution in [2.45, 2.75) is 26.7 Å². The zero-order valence-corrected chi connectivity index (χ0v) is 12.3. The molecule has 0 saturated carbocycles. The standard InChI is InChI=1S/C15H22N2O3/c1-4-10-16(3)15(20)17(11-9-14(18)19)13-8-6-5-7-12(13)2/h5-8H,4,9-11H2,1-3H3,(H,18,19). The van der Waals surface area contributed by atoms with Gasteiger partial charge in [-0.3, -0.25) is 9.69 Å². The summed E-state index contributed by atoms with van der Waals surface area (Å²) in [7, 11) is 1.73. The molecule has 0 heterocycles. The van der Waals surface area contributed by atoms with Gasteiger partial charge < -0.3 is 10.0 Å². The van der Waals surface area contributed by atoms with Gasteiger partial charge in [0.1, 0.15) is 0 Å². The predicted molar refractivity (Wildman–Crippen MR) is 79.1 cm³/mol. The number of aliphatic carboxylic acids is 1. The third-order valence-corrected chi connectivity index (χ3v) is 3.07. The number of carbonyl (C=O) groups is 2. The van der Waals surface area contributed by atoms with Crippen molar-refractivity contribution in [2.24, 2.45) is 0 Å². The lowest BCUT2D eigenvalue weighted by atomic mass is 10.2. The molecule has 1 rings (SSSR count). The van der Waals surface area contributed by atoms with E-state index < -0.39 is 5.97 Å². The van der Waals surface area contributed by atoms with Crippen LogP contribution in [0, 0.1) is 6.92 Å². The minimum Gasteiger partial charge on any atom is -0.481 e. The second kappa shape index (κ2) is 7.53. The second-order valence-electron chi connectivity index (χ2n) is 4.79. The zero-order chi connectivity index (χ0) is 15.1. The molecule has 5 heteroatoms. The Morgan fingerprint density at radius 1 is 1.20 bits per heavy atom. The van der Waals surface area contributed by atoms with Crippen molar-refractivity contribution in [3.8, 4) is 0 Å². The van der Waals surface area contributed by atoms with Gasteiger partial charge in [0.2, 0.25) is 0 Å². The van der Waals surface area contributed by atoms with Crippen molar-refractivity contribution in [1.29, 1.82) is 0 Å². The molecule has 0 fully saturated rings. The molecule has 1 aromatic carbocycles. The molecular weight excluding hydrogens is 256 g/mol. The number of carboxylic acids is 1. The molecule has 5 nitrogen and oxygen atoms in total. The van der Waals surface area contributed by atoms with Crippen LogP contribution in [0.3, 0.4) is 0 Å². The SMILES string of the molecule is CCCN(C)C(=O)N(CCC(=O)O)c1ccccc1C. The molecule has 0 aromatic heterocycles. The fourth-order valence-electron chi connectivity index (χ4n) is 2.03. The first-order valence-corrected chi connectivity index (χ1v) is 6.77. The van der Waals surface area contributed by atoms with E-state index in [1.165, 1.54) is 0 Å². The number of hydrogen-bond donors (Lipinski definition) is 1. The van der Waals surface area contributed by atoms with Crippen molar-refractivity contribution < 1.29 is 14.7 Å². The molecule has 2 amide bonds. The summed E-state index contributed by atoms with van der Waals surface area (Å²) < 4.78 is 0. The topological polar surface area (TPSA) is 60.9 Å². The Kier molecular flexibility index (Phi) is 6.03. The maximum absolute atomic E-state index is 12.5. The highest BCUT2D eigenvalue weighted by atomic mass is 16.4. The van der Waals surface area contributed by atoms with E-state index in [0.717, 1.165) is 17.7 Å². The number of nitrogens with zero attached hydrogens (tertiary/aromatic N) is 2. The molecule has 0 bridgehead atoms. The van der Waals surface area contributed by atoms with Crippen LogP contribution in [-0.4, -0.2) is 42.1 Å². The van der Waals surface area contributed by atoms with Crippen LogP contribution in [0.5, 0.6) is 0 Å². The van der Waals surface area contributed by atoms with E-state index in [4.69, 9.17) is 5.11 Å². The Bertz CT molecular complexity index is 474. The van der Waals surface area contributed by atoms with Crippen molar-refractivity contribution in [3.05, 3.63) is 29.8 Å². The van der Waals surface area contributed by atoms with E-state index in [-0.39, 0.29) is 19.0 Å². The molecule has 0 saturated heterocycles. The van der Waals surface area contributed by atoms with Crippen LogP contribution in [0.4, 0.5) is 10.5 Å². The van der Waals surface area contributed by atoms with E-state index in [0.29, 0.717) is 6.54 Å². The fourth-order valence-corrected chi connectivity index (χ4v) is 2.03. The van der Waals surface area contributed by atoms with Gasteiger partial charge in [-0.25, -0.2) is 4.79 Å². The summed E-state index contributed by atoms with van der Waals surface area (Å²) >= 11 is 0. The highest BCUT2D eigenvalue weighted by Crippen LogP contribution is 2.21. The number of carbonyl (C=O) groups excluding carboxylic acids is 1. The first kappa shape index (κ1) is 16.0. The Morgan fingerprint density at radius 3 is 2.40 bits per heavy atom. The average molecular weight is 278 g/mol. The molecule has 0 unspecified atom stereocenters. The molecule has 0 radical (unpaired) electrons. The number of para-hydroxylation sites is 1. The molecule has 110 valence electrons. The summed E-state index contributed by atoms with van der Waals surface area (Å²) in [5, 5.41) is 8.85. The lowest BCUT2D eigenvalue weighted by Crippen LogP contribution is -2.43. The number of benzene rings is 1. The molecule has 1 N–H and O–H groups in total. The van der Waals surface area contributed by atoms with Gasteiger partial charge >= 0.3 is 12.0 Å². The number of urea groups is 1. The largest absolute Gasteiger partial charge is 0.481 e. The normalized spacial score (nSPS) is 10.2. The molecule has 0 atom stereocenters. The van der Waals surface area contributed by atoms with Crippen LogP contribution in [0.25, 0.3) is 0 Å². The monoisotopic (exact) mass is 278 g/mol. The lowest BCUT2D eigenvalue weighted by molar-refractivity contribution is -0.136. The number of amides is 2. The minimum atomic E-state index is -0.908. The zero-order valence-electron chi connectivity index (χ0n) is 12.3. The summed E-state index contributed by atoms with van der Waals surface area (Å²) in [5.74, 6) is -0.908.